The molecule has 2 aromatic carbocycles. The van der Waals surface area contributed by atoms with Gasteiger partial charge >= 0.3 is 0 Å². The van der Waals surface area contributed by atoms with Crippen molar-refractivity contribution in [1.29, 1.82) is 0 Å². The molecule has 4 heteroatoms. The van der Waals surface area contributed by atoms with Crippen LogP contribution < -0.4 is 10.5 Å². The zero-order chi connectivity index (χ0) is 13.8. The zero-order valence-corrected chi connectivity index (χ0v) is 10.6. The Morgan fingerprint density at radius 3 is 2.63 bits per heavy atom. The van der Waals surface area contributed by atoms with Crippen LogP contribution in [0.4, 0.5) is 5.69 Å². The van der Waals surface area contributed by atoms with E-state index in [1.807, 2.05) is 6.92 Å². The number of phenols is 1. The number of hydrogen-bond donors (Lipinski definition) is 2. The van der Waals surface area contributed by atoms with Crippen LogP contribution >= 0.6 is 0 Å². The number of nitrogens with two attached hydrogens (primary N) is 1. The molecule has 0 amide bonds. The van der Waals surface area contributed by atoms with Gasteiger partial charge in [0.1, 0.15) is 11.5 Å². The Morgan fingerprint density at radius 1 is 1.21 bits per heavy atom. The molecular weight excluding hydrogens is 242 g/mol. The van der Waals surface area contributed by atoms with Crippen LogP contribution in [0.2, 0.25) is 0 Å². The summed E-state index contributed by atoms with van der Waals surface area (Å²) in [6.07, 6.45) is 0. The van der Waals surface area contributed by atoms with Crippen LogP contribution in [0.1, 0.15) is 22.8 Å². The van der Waals surface area contributed by atoms with Gasteiger partial charge in [-0.2, -0.15) is 0 Å². The average molecular weight is 257 g/mol. The first-order valence-electron chi connectivity index (χ1n) is 5.98. The Labute approximate surface area is 111 Å². The maximum Gasteiger partial charge on any atom is 0.198 e. The molecule has 0 saturated carbocycles. The van der Waals surface area contributed by atoms with E-state index in [9.17, 15) is 9.90 Å². The predicted molar refractivity (Wildman–Crippen MR) is 73.6 cm³/mol. The maximum atomic E-state index is 12.3. The lowest BCUT2D eigenvalue weighted by Crippen LogP contribution is -2.06. The second-order valence-electron chi connectivity index (χ2n) is 4.03. The average Bonchev–Trinajstić information content (AvgIpc) is 2.41. The fourth-order valence-corrected chi connectivity index (χ4v) is 1.80. The third kappa shape index (κ3) is 2.68. The lowest BCUT2D eigenvalue weighted by atomic mass is 10.0. The summed E-state index contributed by atoms with van der Waals surface area (Å²) in [5.41, 5.74) is 6.71. The van der Waals surface area contributed by atoms with Crippen molar-refractivity contribution < 1.29 is 14.6 Å². The predicted octanol–water partition coefficient (Wildman–Crippen LogP) is 2.60. The van der Waals surface area contributed by atoms with Crippen LogP contribution in [0.25, 0.3) is 0 Å². The van der Waals surface area contributed by atoms with Crippen LogP contribution in [0.15, 0.2) is 42.5 Å². The first-order valence-corrected chi connectivity index (χ1v) is 5.98. The number of carbonyl (C=O) groups is 1. The topological polar surface area (TPSA) is 72.5 Å². The first kappa shape index (κ1) is 13.0. The third-order valence-electron chi connectivity index (χ3n) is 2.73. The number of benzene rings is 2. The number of ether oxygens (including phenoxy) is 1. The molecule has 0 aromatic heterocycles. The van der Waals surface area contributed by atoms with Crippen LogP contribution in [0.5, 0.6) is 11.5 Å². The van der Waals surface area contributed by atoms with Crippen LogP contribution in [0.3, 0.4) is 0 Å². The summed E-state index contributed by atoms with van der Waals surface area (Å²) in [5, 5.41) is 9.81. The molecule has 0 heterocycles. The largest absolute Gasteiger partial charge is 0.507 e. The molecular formula is C15H15NO3. The maximum absolute atomic E-state index is 12.3. The summed E-state index contributed by atoms with van der Waals surface area (Å²) in [5.74, 6) is 0.131. The van der Waals surface area contributed by atoms with E-state index in [-0.39, 0.29) is 17.1 Å². The number of carbonyl (C=O) groups excluding carboxylic acids is 1. The summed E-state index contributed by atoms with van der Waals surface area (Å²) < 4.78 is 5.32. The number of anilines is 1. The normalized spacial score (nSPS) is 10.2. The molecule has 3 N–H and O–H groups in total. The molecule has 0 aliphatic rings. The van der Waals surface area contributed by atoms with Crippen molar-refractivity contribution in [3.8, 4) is 11.5 Å². The van der Waals surface area contributed by atoms with Crippen molar-refractivity contribution in [2.75, 3.05) is 12.3 Å². The molecule has 2 aromatic rings. The molecule has 0 atom stereocenters. The van der Waals surface area contributed by atoms with Crippen molar-refractivity contribution in [2.24, 2.45) is 0 Å². The van der Waals surface area contributed by atoms with Crippen LogP contribution in [0, 0.1) is 0 Å². The van der Waals surface area contributed by atoms with E-state index in [0.29, 0.717) is 23.6 Å². The van der Waals surface area contributed by atoms with Gasteiger partial charge in [0, 0.05) is 11.3 Å². The molecule has 0 bridgehead atoms. The fraction of sp³-hybridized carbons (Fsp3) is 0.133. The van der Waals surface area contributed by atoms with Gasteiger partial charge in [0.15, 0.2) is 5.78 Å². The zero-order valence-electron chi connectivity index (χ0n) is 10.6. The highest BCUT2D eigenvalue weighted by Crippen LogP contribution is 2.27. The van der Waals surface area contributed by atoms with Crippen LogP contribution in [-0.4, -0.2) is 17.5 Å². The lowest BCUT2D eigenvalue weighted by molar-refractivity contribution is 0.103. The van der Waals surface area contributed by atoms with E-state index in [1.54, 1.807) is 30.3 Å². The number of hydrogen-bond acceptors (Lipinski definition) is 4. The summed E-state index contributed by atoms with van der Waals surface area (Å²) in [6.45, 7) is 2.34. The third-order valence-corrected chi connectivity index (χ3v) is 2.73. The number of rotatable bonds is 4. The Bertz CT molecular complexity index is 608. The van der Waals surface area contributed by atoms with Crippen molar-refractivity contribution in [1.82, 2.24) is 0 Å². The highest BCUT2D eigenvalue weighted by Gasteiger charge is 2.16. The minimum atomic E-state index is -0.322. The van der Waals surface area contributed by atoms with Crippen molar-refractivity contribution in [3.63, 3.8) is 0 Å². The van der Waals surface area contributed by atoms with Crippen molar-refractivity contribution >= 4 is 11.5 Å². The number of nitrogen functional groups attached to an aromatic ring is 1. The molecule has 0 aliphatic carbocycles. The van der Waals surface area contributed by atoms with Crippen molar-refractivity contribution in [3.05, 3.63) is 53.6 Å². The van der Waals surface area contributed by atoms with Gasteiger partial charge in [-0.1, -0.05) is 12.1 Å². The Hall–Kier alpha value is -2.49. The molecule has 0 spiro atoms. The second kappa shape index (κ2) is 5.44. The number of phenolic OH excluding ortho intramolecular Hbond substituents is 1. The van der Waals surface area contributed by atoms with Gasteiger partial charge < -0.3 is 15.6 Å². The minimum absolute atomic E-state index is 0.0864. The molecule has 0 unspecified atom stereocenters. The van der Waals surface area contributed by atoms with E-state index in [4.69, 9.17) is 10.5 Å². The standard InChI is InChI=1S/C15H15NO3/c1-2-19-10-7-8-14(17)12(9-10)15(18)11-5-3-4-6-13(11)16/h3-9,17H,2,16H2,1H3. The SMILES string of the molecule is CCOc1ccc(O)c(C(=O)c2ccccc2N)c1. The minimum Gasteiger partial charge on any atom is -0.507 e. The number of aromatic hydroxyl groups is 1. The highest BCUT2D eigenvalue weighted by atomic mass is 16.5. The monoisotopic (exact) mass is 257 g/mol. The molecule has 0 saturated heterocycles. The lowest BCUT2D eigenvalue weighted by Gasteiger charge is -2.09. The Morgan fingerprint density at radius 2 is 1.95 bits per heavy atom. The van der Waals surface area contributed by atoms with E-state index in [2.05, 4.69) is 0 Å². The number of para-hydroxylation sites is 1. The second-order valence-corrected chi connectivity index (χ2v) is 4.03. The molecule has 0 fully saturated rings. The molecule has 0 radical (unpaired) electrons. The fourth-order valence-electron chi connectivity index (χ4n) is 1.80. The van der Waals surface area contributed by atoms with Gasteiger partial charge in [-0.15, -0.1) is 0 Å². The van der Waals surface area contributed by atoms with Gasteiger partial charge in [-0.25, -0.2) is 0 Å². The molecule has 2 rings (SSSR count). The summed E-state index contributed by atoms with van der Waals surface area (Å²) >= 11 is 0. The number of ketones is 1. The molecule has 0 aliphatic heterocycles. The summed E-state index contributed by atoms with van der Waals surface area (Å²) in [6, 6.07) is 11.3. The quantitative estimate of drug-likeness (QED) is 0.652. The highest BCUT2D eigenvalue weighted by molar-refractivity contribution is 6.13. The van der Waals surface area contributed by atoms with Gasteiger partial charge in [0.2, 0.25) is 0 Å². The van der Waals surface area contributed by atoms with E-state index in [0.717, 1.165) is 0 Å². The van der Waals surface area contributed by atoms with Gasteiger partial charge in [0.05, 0.1) is 12.2 Å². The summed E-state index contributed by atoms with van der Waals surface area (Å²) in [4.78, 5) is 12.3. The first-order chi connectivity index (χ1) is 9.13. The molecule has 4 nitrogen and oxygen atoms in total. The Kier molecular flexibility index (Phi) is 3.71. The van der Waals surface area contributed by atoms with Crippen LogP contribution in [-0.2, 0) is 0 Å². The van der Waals surface area contributed by atoms with E-state index < -0.39 is 0 Å². The smallest absolute Gasteiger partial charge is 0.198 e. The summed E-state index contributed by atoms with van der Waals surface area (Å²) in [7, 11) is 0. The molecule has 19 heavy (non-hydrogen) atoms. The van der Waals surface area contributed by atoms with Gasteiger partial charge in [-0.05, 0) is 37.3 Å². The molecule has 98 valence electrons. The van der Waals surface area contributed by atoms with E-state index >= 15 is 0 Å². The Balaban J connectivity index is 2.44. The van der Waals surface area contributed by atoms with Gasteiger partial charge in [0.25, 0.3) is 0 Å². The van der Waals surface area contributed by atoms with Gasteiger partial charge in [-0.3, -0.25) is 4.79 Å². The van der Waals surface area contributed by atoms with Crippen molar-refractivity contribution in [2.45, 2.75) is 6.92 Å². The van der Waals surface area contributed by atoms with E-state index in [1.165, 1.54) is 12.1 Å².